The predicted octanol–water partition coefficient (Wildman–Crippen LogP) is 6.78. The van der Waals surface area contributed by atoms with E-state index in [1.165, 1.54) is 0 Å². The minimum atomic E-state index is -5.94. The van der Waals surface area contributed by atoms with Crippen LogP contribution in [0.15, 0.2) is 12.1 Å². The molecule has 0 saturated heterocycles. The van der Waals surface area contributed by atoms with Gasteiger partial charge in [-0.2, -0.15) is 57.7 Å². The lowest BCUT2D eigenvalue weighted by Crippen LogP contribution is -2.23. The number of alkyl halides is 12. The fourth-order valence-electron chi connectivity index (χ4n) is 1.50. The van der Waals surface area contributed by atoms with E-state index in [4.69, 9.17) is 0 Å². The first-order valence-corrected chi connectivity index (χ1v) is 9.17. The second-order valence-electron chi connectivity index (χ2n) is 5.04. The van der Waals surface area contributed by atoms with Crippen LogP contribution in [0.25, 0.3) is 0 Å². The summed E-state index contributed by atoms with van der Waals surface area (Å²) in [5.41, 5.74) is -0.427. The van der Waals surface area contributed by atoms with Gasteiger partial charge in [0.15, 0.2) is 0 Å². The van der Waals surface area contributed by atoms with Gasteiger partial charge in [0.25, 0.3) is 0 Å². The molecule has 1 aromatic rings. The topological polar surface area (TPSA) is 34.6 Å². The van der Waals surface area contributed by atoms with E-state index in [0.717, 1.165) is 19.0 Å². The number of rotatable bonds is 5. The van der Waals surface area contributed by atoms with Gasteiger partial charge in [-0.1, -0.05) is 0 Å². The van der Waals surface area contributed by atoms with Gasteiger partial charge in [0.2, 0.25) is 11.8 Å². The number of nitrogens with zero attached hydrogens (tertiary/aromatic N) is 2. The highest BCUT2D eigenvalue weighted by Gasteiger charge is 2.62. The van der Waals surface area contributed by atoms with Crippen molar-refractivity contribution in [2.45, 2.75) is 23.7 Å². The number of aromatic nitrogens is 1. The molecule has 0 aliphatic heterocycles. The number of halogens is 12. The van der Waals surface area contributed by atoms with Crippen molar-refractivity contribution < 1.29 is 61.7 Å². The summed E-state index contributed by atoms with van der Waals surface area (Å²) < 4.78 is 159. The zero-order valence-electron chi connectivity index (χ0n) is 13.8. The molecule has 1 heterocycles. The Morgan fingerprint density at radius 2 is 0.931 bits per heavy atom. The lowest BCUT2D eigenvalue weighted by atomic mass is 10.4. The second kappa shape index (κ2) is 8.37. The third kappa shape index (κ3) is 7.40. The molecule has 29 heavy (non-hydrogen) atoms. The molecule has 1 aromatic heterocycles. The average molecular weight is 490 g/mol. The zero-order chi connectivity index (χ0) is 23.0. The third-order valence-corrected chi connectivity index (χ3v) is 5.15. The Bertz CT molecular complexity index is 621. The molecule has 0 bridgehead atoms. The second-order valence-corrected chi connectivity index (χ2v) is 8.61. The molecule has 0 fully saturated rings. The standard InChI is InChI=1S/C11H8F12N2O2P2/c1-25(2)5-3-6(26-28(8(12,13)14)9(15,16)17)24-7(4-5)27-29(10(18,19)20)11(21,22)23/h3-4H,1-2H3. The Morgan fingerprint density at radius 3 is 1.14 bits per heavy atom. The van der Waals surface area contributed by atoms with Crippen LogP contribution in [0, 0.1) is 0 Å². The number of hydrogen-bond donors (Lipinski definition) is 0. The first-order chi connectivity index (χ1) is 12.7. The van der Waals surface area contributed by atoms with Crippen LogP contribution in [0.3, 0.4) is 0 Å². The molecule has 0 N–H and O–H groups in total. The van der Waals surface area contributed by atoms with E-state index in [1.54, 1.807) is 0 Å². The van der Waals surface area contributed by atoms with Gasteiger partial charge in [-0.05, 0) is 0 Å². The smallest absolute Gasteiger partial charge is 0.439 e. The van der Waals surface area contributed by atoms with Crippen LogP contribution in [0.2, 0.25) is 0 Å². The predicted molar refractivity (Wildman–Crippen MR) is 77.9 cm³/mol. The summed E-state index contributed by atoms with van der Waals surface area (Å²) in [6, 6.07) is 0.923. The van der Waals surface area contributed by atoms with E-state index in [0.29, 0.717) is 12.1 Å². The molecule has 0 atom stereocenters. The van der Waals surface area contributed by atoms with Gasteiger partial charge in [-0.25, -0.2) is 0 Å². The maximum Gasteiger partial charge on any atom is 0.451 e. The van der Waals surface area contributed by atoms with Crippen LogP contribution in [-0.2, 0) is 0 Å². The van der Waals surface area contributed by atoms with E-state index in [1.807, 2.05) is 0 Å². The summed E-state index contributed by atoms with van der Waals surface area (Å²) in [7, 11) is -8.11. The first kappa shape index (κ1) is 25.6. The van der Waals surface area contributed by atoms with Crippen LogP contribution in [-0.4, -0.2) is 42.7 Å². The molecule has 0 amide bonds. The van der Waals surface area contributed by atoms with E-state index < -0.39 is 57.4 Å². The lowest BCUT2D eigenvalue weighted by Gasteiger charge is -2.25. The van der Waals surface area contributed by atoms with Gasteiger partial charge >= 0.3 is 40.0 Å². The van der Waals surface area contributed by atoms with Crippen LogP contribution < -0.4 is 13.9 Å². The average Bonchev–Trinajstić information content (AvgIpc) is 2.45. The normalized spacial score (nSPS) is 13.8. The summed E-state index contributed by atoms with van der Waals surface area (Å²) in [5.74, 6) is -26.8. The SMILES string of the molecule is CN(C)c1cc(OP(C(F)(F)F)C(F)(F)F)nc(OP(C(F)(F)F)C(F)(F)F)c1. The molecule has 0 aliphatic rings. The lowest BCUT2D eigenvalue weighted by molar-refractivity contribution is -0.0941. The van der Waals surface area contributed by atoms with Crippen LogP contribution >= 0.6 is 16.3 Å². The van der Waals surface area contributed by atoms with Gasteiger partial charge in [-0.3, -0.25) is 0 Å². The summed E-state index contributed by atoms with van der Waals surface area (Å²) in [5, 5.41) is 0. The molecule has 0 aromatic carbocycles. The molecule has 1 rings (SSSR count). The molecule has 0 saturated carbocycles. The van der Waals surface area contributed by atoms with Crippen LogP contribution in [0.1, 0.15) is 0 Å². The Hall–Kier alpha value is -1.43. The molecule has 0 spiro atoms. The van der Waals surface area contributed by atoms with Crippen molar-refractivity contribution in [3.8, 4) is 11.8 Å². The van der Waals surface area contributed by atoms with E-state index >= 15 is 0 Å². The Balaban J connectivity index is 3.41. The number of anilines is 1. The highest BCUT2D eigenvalue weighted by molar-refractivity contribution is 7.55. The Kier molecular flexibility index (Phi) is 7.39. The molecule has 0 radical (unpaired) electrons. The van der Waals surface area contributed by atoms with Gasteiger partial charge in [0.1, 0.15) is 0 Å². The van der Waals surface area contributed by atoms with Crippen molar-refractivity contribution in [3.63, 3.8) is 0 Å². The summed E-state index contributed by atoms with van der Waals surface area (Å²) in [6.45, 7) is 0. The maximum atomic E-state index is 12.6. The molecular weight excluding hydrogens is 482 g/mol. The Morgan fingerprint density at radius 1 is 0.655 bits per heavy atom. The maximum absolute atomic E-state index is 12.6. The summed E-state index contributed by atoms with van der Waals surface area (Å²) >= 11 is 0. The van der Waals surface area contributed by atoms with Crippen molar-refractivity contribution in [2.75, 3.05) is 19.0 Å². The molecule has 4 nitrogen and oxygen atoms in total. The van der Waals surface area contributed by atoms with Crippen molar-refractivity contribution >= 4 is 22.0 Å². The number of pyridine rings is 1. The highest BCUT2D eigenvalue weighted by atomic mass is 31.1. The fraction of sp³-hybridized carbons (Fsp3) is 0.545. The quantitative estimate of drug-likeness (QED) is 0.337. The van der Waals surface area contributed by atoms with Gasteiger partial charge < -0.3 is 13.9 Å². The molecular formula is C11H8F12N2O2P2. The van der Waals surface area contributed by atoms with Crippen molar-refractivity contribution in [1.29, 1.82) is 0 Å². The minimum Gasteiger partial charge on any atom is -0.439 e. The summed E-state index contributed by atoms with van der Waals surface area (Å²) in [6.07, 6.45) is 0. The van der Waals surface area contributed by atoms with Crippen LogP contribution in [0.5, 0.6) is 11.8 Å². The zero-order valence-corrected chi connectivity index (χ0v) is 15.6. The van der Waals surface area contributed by atoms with E-state index in [2.05, 4.69) is 14.0 Å². The highest BCUT2D eigenvalue weighted by Crippen LogP contribution is 2.66. The van der Waals surface area contributed by atoms with Crippen molar-refractivity contribution in [3.05, 3.63) is 12.1 Å². The largest absolute Gasteiger partial charge is 0.451 e. The number of hydrogen-bond acceptors (Lipinski definition) is 4. The molecule has 168 valence electrons. The van der Waals surface area contributed by atoms with E-state index in [-0.39, 0.29) is 0 Å². The third-order valence-electron chi connectivity index (χ3n) is 2.57. The summed E-state index contributed by atoms with van der Waals surface area (Å²) in [4.78, 5) is 3.76. The fourth-order valence-corrected chi connectivity index (χ4v) is 3.05. The van der Waals surface area contributed by atoms with Gasteiger partial charge in [0.05, 0.1) is 0 Å². The van der Waals surface area contributed by atoms with Gasteiger partial charge in [-0.15, -0.1) is 0 Å². The van der Waals surface area contributed by atoms with Crippen LogP contribution in [0.4, 0.5) is 58.4 Å². The Labute approximate surface area is 156 Å². The molecule has 0 aliphatic carbocycles. The van der Waals surface area contributed by atoms with Crippen molar-refractivity contribution in [2.24, 2.45) is 0 Å². The molecule has 18 heteroatoms. The minimum absolute atomic E-state index is 0.427. The first-order valence-electron chi connectivity index (χ1n) is 6.66. The van der Waals surface area contributed by atoms with Crippen molar-refractivity contribution in [1.82, 2.24) is 4.98 Å². The van der Waals surface area contributed by atoms with E-state index in [9.17, 15) is 52.7 Å². The molecule has 0 unspecified atom stereocenters. The van der Waals surface area contributed by atoms with Gasteiger partial charge in [0, 0.05) is 31.9 Å². The monoisotopic (exact) mass is 490 g/mol.